The third kappa shape index (κ3) is 4.30. The average Bonchev–Trinajstić information content (AvgIpc) is 2.68. The molecular weight excluding hydrogens is 348 g/mol. The van der Waals surface area contributed by atoms with Crippen LogP contribution in [0.5, 0.6) is 0 Å². The van der Waals surface area contributed by atoms with E-state index in [-0.39, 0.29) is 24.7 Å². The summed E-state index contributed by atoms with van der Waals surface area (Å²) in [6.45, 7) is 3.51. The second-order valence-corrected chi connectivity index (χ2v) is 7.45. The van der Waals surface area contributed by atoms with Crippen LogP contribution in [0.3, 0.4) is 0 Å². The molecule has 146 valence electrons. The highest BCUT2D eigenvalue weighted by Gasteiger charge is 2.43. The topological polar surface area (TPSA) is 95.9 Å². The number of nitrogens with zero attached hydrogens (tertiary/aromatic N) is 1. The normalized spacial score (nSPS) is 22.1. The molecule has 0 aliphatic carbocycles. The SMILES string of the molecule is Cc1ccc(C(=O)N2CCCC(C(=O)NC3(C(=O)O)CCOCC3)C2)cc1. The minimum atomic E-state index is -1.27. The van der Waals surface area contributed by atoms with Gasteiger partial charge in [0.05, 0.1) is 5.92 Å². The highest BCUT2D eigenvalue weighted by molar-refractivity contribution is 5.95. The molecule has 0 spiro atoms. The Kier molecular flexibility index (Phi) is 5.79. The third-order valence-corrected chi connectivity index (χ3v) is 5.50. The fraction of sp³-hybridized carbons (Fsp3) is 0.550. The van der Waals surface area contributed by atoms with Crippen molar-refractivity contribution in [1.82, 2.24) is 10.2 Å². The quantitative estimate of drug-likeness (QED) is 0.835. The van der Waals surface area contributed by atoms with Gasteiger partial charge < -0.3 is 20.1 Å². The van der Waals surface area contributed by atoms with Gasteiger partial charge in [-0.25, -0.2) is 4.79 Å². The predicted octanol–water partition coefficient (Wildman–Crippen LogP) is 1.60. The van der Waals surface area contributed by atoms with Crippen LogP contribution in [0.4, 0.5) is 0 Å². The summed E-state index contributed by atoms with van der Waals surface area (Å²) in [7, 11) is 0. The molecular formula is C20H26N2O5. The fourth-order valence-electron chi connectivity index (χ4n) is 3.70. The van der Waals surface area contributed by atoms with Gasteiger partial charge in [0.15, 0.2) is 0 Å². The molecule has 0 aromatic heterocycles. The summed E-state index contributed by atoms with van der Waals surface area (Å²) in [5.74, 6) is -1.80. The number of carbonyl (C=O) groups excluding carboxylic acids is 2. The zero-order chi connectivity index (χ0) is 19.4. The molecule has 1 atom stereocenters. The molecule has 0 radical (unpaired) electrons. The van der Waals surface area contributed by atoms with Crippen molar-refractivity contribution in [2.45, 2.75) is 38.1 Å². The van der Waals surface area contributed by atoms with Crippen LogP contribution in [0.1, 0.15) is 41.6 Å². The van der Waals surface area contributed by atoms with Crippen molar-refractivity contribution >= 4 is 17.8 Å². The smallest absolute Gasteiger partial charge is 0.329 e. The molecule has 27 heavy (non-hydrogen) atoms. The van der Waals surface area contributed by atoms with Crippen LogP contribution in [0.15, 0.2) is 24.3 Å². The van der Waals surface area contributed by atoms with E-state index in [1.807, 2.05) is 19.1 Å². The molecule has 2 N–H and O–H groups in total. The van der Waals surface area contributed by atoms with Gasteiger partial charge in [0.25, 0.3) is 5.91 Å². The van der Waals surface area contributed by atoms with E-state index in [0.29, 0.717) is 38.3 Å². The van der Waals surface area contributed by atoms with E-state index in [1.165, 1.54) is 0 Å². The number of amides is 2. The van der Waals surface area contributed by atoms with Crippen molar-refractivity contribution in [1.29, 1.82) is 0 Å². The molecule has 2 aliphatic heterocycles. The molecule has 1 unspecified atom stereocenters. The van der Waals surface area contributed by atoms with E-state index in [2.05, 4.69) is 5.32 Å². The minimum Gasteiger partial charge on any atom is -0.480 e. The van der Waals surface area contributed by atoms with E-state index in [1.54, 1.807) is 17.0 Å². The molecule has 2 fully saturated rings. The fourth-order valence-corrected chi connectivity index (χ4v) is 3.70. The van der Waals surface area contributed by atoms with E-state index < -0.39 is 17.4 Å². The lowest BCUT2D eigenvalue weighted by atomic mass is 9.88. The molecule has 2 aliphatic rings. The summed E-state index contributed by atoms with van der Waals surface area (Å²) in [6, 6.07) is 7.37. The van der Waals surface area contributed by atoms with Gasteiger partial charge in [-0.05, 0) is 31.9 Å². The number of nitrogens with one attached hydrogen (secondary N) is 1. The minimum absolute atomic E-state index is 0.0912. The van der Waals surface area contributed by atoms with E-state index in [4.69, 9.17) is 4.74 Å². The second kappa shape index (κ2) is 8.08. The summed E-state index contributed by atoms with van der Waals surface area (Å²) in [4.78, 5) is 38.9. The standard InChI is InChI=1S/C20H26N2O5/c1-14-4-6-15(7-5-14)18(24)22-10-2-3-16(13-22)17(23)21-20(19(25)26)8-11-27-12-9-20/h4-7,16H,2-3,8-13H2,1H3,(H,21,23)(H,25,26). The molecule has 0 saturated carbocycles. The number of rotatable bonds is 4. The van der Waals surface area contributed by atoms with Crippen LogP contribution < -0.4 is 5.32 Å². The Hall–Kier alpha value is -2.41. The molecule has 0 bridgehead atoms. The maximum Gasteiger partial charge on any atom is 0.329 e. The maximum atomic E-state index is 12.8. The van der Waals surface area contributed by atoms with Gasteiger partial charge in [-0.2, -0.15) is 0 Å². The Bertz CT molecular complexity index is 710. The van der Waals surface area contributed by atoms with Crippen molar-refractivity contribution in [3.8, 4) is 0 Å². The summed E-state index contributed by atoms with van der Waals surface area (Å²) in [5, 5.41) is 12.4. The summed E-state index contributed by atoms with van der Waals surface area (Å²) >= 11 is 0. The first kappa shape index (κ1) is 19.4. The molecule has 2 saturated heterocycles. The summed E-state index contributed by atoms with van der Waals surface area (Å²) in [6.07, 6.45) is 1.88. The van der Waals surface area contributed by atoms with Crippen molar-refractivity contribution in [2.75, 3.05) is 26.3 Å². The number of aryl methyl sites for hydroxylation is 1. The van der Waals surface area contributed by atoms with Crippen LogP contribution in [0, 0.1) is 12.8 Å². The van der Waals surface area contributed by atoms with Gasteiger partial charge in [0.1, 0.15) is 5.54 Å². The Morgan fingerprint density at radius 1 is 1.19 bits per heavy atom. The van der Waals surface area contributed by atoms with Gasteiger partial charge in [-0.1, -0.05) is 17.7 Å². The number of carbonyl (C=O) groups is 3. The summed E-state index contributed by atoms with van der Waals surface area (Å²) in [5.41, 5.74) is 0.421. The van der Waals surface area contributed by atoms with Crippen molar-refractivity contribution in [3.05, 3.63) is 35.4 Å². The van der Waals surface area contributed by atoms with Crippen LogP contribution in [0.25, 0.3) is 0 Å². The first-order valence-corrected chi connectivity index (χ1v) is 9.40. The highest BCUT2D eigenvalue weighted by atomic mass is 16.5. The molecule has 1 aromatic carbocycles. The first-order chi connectivity index (χ1) is 12.9. The maximum absolute atomic E-state index is 12.8. The van der Waals surface area contributed by atoms with Crippen LogP contribution in [0.2, 0.25) is 0 Å². The molecule has 2 heterocycles. The lowest BCUT2D eigenvalue weighted by molar-refractivity contribution is -0.153. The zero-order valence-electron chi connectivity index (χ0n) is 15.6. The monoisotopic (exact) mass is 374 g/mol. The Labute approximate surface area is 158 Å². The van der Waals surface area contributed by atoms with Crippen LogP contribution in [-0.2, 0) is 14.3 Å². The number of hydrogen-bond donors (Lipinski definition) is 2. The summed E-state index contributed by atoms with van der Waals surface area (Å²) < 4.78 is 5.24. The highest BCUT2D eigenvalue weighted by Crippen LogP contribution is 2.24. The number of carboxylic acids is 1. The number of hydrogen-bond acceptors (Lipinski definition) is 4. The largest absolute Gasteiger partial charge is 0.480 e. The Morgan fingerprint density at radius 3 is 2.48 bits per heavy atom. The van der Waals surface area contributed by atoms with Gasteiger partial charge in [-0.15, -0.1) is 0 Å². The number of likely N-dealkylation sites (tertiary alicyclic amines) is 1. The molecule has 2 amide bonds. The molecule has 7 heteroatoms. The number of carboxylic acid groups (broad SMARTS) is 1. The van der Waals surface area contributed by atoms with Gasteiger partial charge >= 0.3 is 5.97 Å². The molecule has 3 rings (SSSR count). The van der Waals surface area contributed by atoms with E-state index >= 15 is 0 Å². The average molecular weight is 374 g/mol. The number of piperidine rings is 1. The van der Waals surface area contributed by atoms with E-state index in [0.717, 1.165) is 12.0 Å². The Balaban J connectivity index is 1.66. The zero-order valence-corrected chi connectivity index (χ0v) is 15.6. The number of benzene rings is 1. The Morgan fingerprint density at radius 2 is 1.85 bits per heavy atom. The lowest BCUT2D eigenvalue weighted by Crippen LogP contribution is -2.59. The second-order valence-electron chi connectivity index (χ2n) is 7.45. The van der Waals surface area contributed by atoms with Gasteiger partial charge in [-0.3, -0.25) is 9.59 Å². The number of ether oxygens (including phenoxy) is 1. The first-order valence-electron chi connectivity index (χ1n) is 9.40. The number of aliphatic carboxylic acids is 1. The van der Waals surface area contributed by atoms with Crippen molar-refractivity contribution in [3.63, 3.8) is 0 Å². The van der Waals surface area contributed by atoms with Crippen LogP contribution >= 0.6 is 0 Å². The molecule has 1 aromatic rings. The van der Waals surface area contributed by atoms with Crippen LogP contribution in [-0.4, -0.2) is 59.6 Å². The van der Waals surface area contributed by atoms with E-state index in [9.17, 15) is 19.5 Å². The van der Waals surface area contributed by atoms with Gasteiger partial charge in [0, 0.05) is 44.7 Å². The molecule has 7 nitrogen and oxygen atoms in total. The third-order valence-electron chi connectivity index (χ3n) is 5.50. The lowest BCUT2D eigenvalue weighted by Gasteiger charge is -2.37. The predicted molar refractivity (Wildman–Crippen MR) is 98.4 cm³/mol. The van der Waals surface area contributed by atoms with Crippen molar-refractivity contribution < 1.29 is 24.2 Å². The van der Waals surface area contributed by atoms with Crippen molar-refractivity contribution in [2.24, 2.45) is 5.92 Å². The van der Waals surface area contributed by atoms with Gasteiger partial charge in [0.2, 0.25) is 5.91 Å².